The zero-order chi connectivity index (χ0) is 12.7. The number of rotatable bonds is 7. The molecule has 0 aliphatic heterocycles. The number of carbonyl (C=O) groups is 1. The first-order valence-corrected chi connectivity index (χ1v) is 5.62. The van der Waals surface area contributed by atoms with Crippen molar-refractivity contribution < 1.29 is 14.6 Å². The summed E-state index contributed by atoms with van der Waals surface area (Å²) in [5.41, 5.74) is 0.989. The van der Waals surface area contributed by atoms with Gasteiger partial charge in [0.15, 0.2) is 6.10 Å². The molecule has 0 saturated heterocycles. The molecule has 0 aromatic heterocycles. The first-order chi connectivity index (χ1) is 8.09. The van der Waals surface area contributed by atoms with Crippen molar-refractivity contribution in [1.29, 1.82) is 0 Å². The molecule has 0 aliphatic rings. The molecular formula is C13H19NO3. The minimum absolute atomic E-state index is 0.339. The second kappa shape index (κ2) is 7.04. The summed E-state index contributed by atoms with van der Waals surface area (Å²) in [6, 6.07) is 9.59. The first kappa shape index (κ1) is 13.7. The molecule has 0 amide bonds. The van der Waals surface area contributed by atoms with Gasteiger partial charge in [0.25, 0.3) is 0 Å². The van der Waals surface area contributed by atoms with Crippen LogP contribution in [0.3, 0.4) is 0 Å². The Hall–Kier alpha value is -1.39. The van der Waals surface area contributed by atoms with Crippen molar-refractivity contribution in [2.45, 2.75) is 19.1 Å². The summed E-state index contributed by atoms with van der Waals surface area (Å²) in [6.45, 7) is 1.04. The van der Waals surface area contributed by atoms with E-state index >= 15 is 0 Å². The number of nitrogens with zero attached hydrogens (tertiary/aromatic N) is 1. The molecule has 1 aromatic rings. The topological polar surface area (TPSA) is 49.8 Å². The number of carboxylic acids is 1. The number of benzene rings is 1. The lowest BCUT2D eigenvalue weighted by molar-refractivity contribution is -0.151. The normalized spacial score (nSPS) is 12.6. The molecule has 1 aromatic carbocycles. The van der Waals surface area contributed by atoms with E-state index in [9.17, 15) is 4.79 Å². The van der Waals surface area contributed by atoms with Crippen LogP contribution >= 0.6 is 0 Å². The molecule has 1 rings (SSSR count). The van der Waals surface area contributed by atoms with E-state index in [1.165, 1.54) is 0 Å². The fourth-order valence-corrected chi connectivity index (χ4v) is 1.42. The molecule has 0 aliphatic carbocycles. The SMILES string of the molecule is CN(C)CCC(OCc1ccccc1)C(=O)O. The Bertz CT molecular complexity index is 338. The van der Waals surface area contributed by atoms with Gasteiger partial charge in [0, 0.05) is 6.54 Å². The first-order valence-electron chi connectivity index (χ1n) is 5.62. The summed E-state index contributed by atoms with van der Waals surface area (Å²) < 4.78 is 5.41. The number of carboxylic acid groups (broad SMARTS) is 1. The fourth-order valence-electron chi connectivity index (χ4n) is 1.42. The molecular weight excluding hydrogens is 218 g/mol. The van der Waals surface area contributed by atoms with Gasteiger partial charge in [0.05, 0.1) is 6.61 Å². The lowest BCUT2D eigenvalue weighted by atomic mass is 10.2. The van der Waals surface area contributed by atoms with Crippen molar-refractivity contribution in [2.24, 2.45) is 0 Å². The van der Waals surface area contributed by atoms with Gasteiger partial charge in [-0.25, -0.2) is 4.79 Å². The van der Waals surface area contributed by atoms with Crippen LogP contribution in [0.5, 0.6) is 0 Å². The average Bonchev–Trinajstić information content (AvgIpc) is 2.29. The molecule has 0 spiro atoms. The predicted octanol–water partition coefficient (Wildman–Crippen LogP) is 1.61. The van der Waals surface area contributed by atoms with Gasteiger partial charge in [-0.2, -0.15) is 0 Å². The highest BCUT2D eigenvalue weighted by Gasteiger charge is 2.17. The van der Waals surface area contributed by atoms with Gasteiger partial charge in [-0.3, -0.25) is 0 Å². The van der Waals surface area contributed by atoms with E-state index in [2.05, 4.69) is 0 Å². The Morgan fingerprint density at radius 2 is 2.00 bits per heavy atom. The minimum Gasteiger partial charge on any atom is -0.479 e. The maximum absolute atomic E-state index is 11.0. The summed E-state index contributed by atoms with van der Waals surface area (Å²) in [5, 5.41) is 9.02. The Morgan fingerprint density at radius 3 is 2.53 bits per heavy atom. The van der Waals surface area contributed by atoms with Crippen LogP contribution < -0.4 is 0 Å². The lowest BCUT2D eigenvalue weighted by Crippen LogP contribution is -2.28. The van der Waals surface area contributed by atoms with Crippen LogP contribution in [0.4, 0.5) is 0 Å². The Labute approximate surface area is 102 Å². The van der Waals surface area contributed by atoms with Crippen LogP contribution in [0.1, 0.15) is 12.0 Å². The average molecular weight is 237 g/mol. The van der Waals surface area contributed by atoms with Gasteiger partial charge in [-0.05, 0) is 26.1 Å². The Morgan fingerprint density at radius 1 is 1.35 bits per heavy atom. The van der Waals surface area contributed by atoms with E-state index in [0.29, 0.717) is 19.6 Å². The smallest absolute Gasteiger partial charge is 0.332 e. The van der Waals surface area contributed by atoms with Gasteiger partial charge in [0.1, 0.15) is 0 Å². The van der Waals surface area contributed by atoms with Crippen molar-refractivity contribution in [2.75, 3.05) is 20.6 Å². The monoisotopic (exact) mass is 237 g/mol. The summed E-state index contributed by atoms with van der Waals surface area (Å²) in [4.78, 5) is 12.9. The van der Waals surface area contributed by atoms with Crippen molar-refractivity contribution in [1.82, 2.24) is 4.90 Å². The molecule has 0 heterocycles. The van der Waals surface area contributed by atoms with Gasteiger partial charge < -0.3 is 14.7 Å². The van der Waals surface area contributed by atoms with E-state index in [0.717, 1.165) is 5.56 Å². The van der Waals surface area contributed by atoms with Crippen LogP contribution in [0.2, 0.25) is 0 Å². The van der Waals surface area contributed by atoms with Crippen molar-refractivity contribution >= 4 is 5.97 Å². The quantitative estimate of drug-likeness (QED) is 0.782. The van der Waals surface area contributed by atoms with Crippen LogP contribution in [0.15, 0.2) is 30.3 Å². The van der Waals surface area contributed by atoms with Crippen LogP contribution in [-0.4, -0.2) is 42.7 Å². The highest BCUT2D eigenvalue weighted by atomic mass is 16.5. The van der Waals surface area contributed by atoms with E-state index < -0.39 is 12.1 Å². The molecule has 4 heteroatoms. The molecule has 94 valence electrons. The molecule has 4 nitrogen and oxygen atoms in total. The molecule has 1 unspecified atom stereocenters. The van der Waals surface area contributed by atoms with Gasteiger partial charge in [-0.1, -0.05) is 30.3 Å². The third-order valence-electron chi connectivity index (χ3n) is 2.41. The predicted molar refractivity (Wildman–Crippen MR) is 65.8 cm³/mol. The molecule has 0 bridgehead atoms. The number of ether oxygens (including phenoxy) is 1. The molecule has 17 heavy (non-hydrogen) atoms. The van der Waals surface area contributed by atoms with Crippen LogP contribution in [-0.2, 0) is 16.1 Å². The van der Waals surface area contributed by atoms with E-state index in [1.807, 2.05) is 49.3 Å². The zero-order valence-electron chi connectivity index (χ0n) is 10.3. The van der Waals surface area contributed by atoms with Crippen molar-refractivity contribution in [3.63, 3.8) is 0 Å². The summed E-state index contributed by atoms with van der Waals surface area (Å²) >= 11 is 0. The fraction of sp³-hybridized carbons (Fsp3) is 0.462. The summed E-state index contributed by atoms with van der Waals surface area (Å²) in [7, 11) is 3.83. The van der Waals surface area contributed by atoms with E-state index in [1.54, 1.807) is 0 Å². The second-order valence-electron chi connectivity index (χ2n) is 4.22. The standard InChI is InChI=1S/C13H19NO3/c1-14(2)9-8-12(13(15)16)17-10-11-6-4-3-5-7-11/h3-7,12H,8-10H2,1-2H3,(H,15,16). The Balaban J connectivity index is 2.42. The van der Waals surface area contributed by atoms with Gasteiger partial charge in [0.2, 0.25) is 0 Å². The van der Waals surface area contributed by atoms with Crippen molar-refractivity contribution in [3.8, 4) is 0 Å². The van der Waals surface area contributed by atoms with Crippen molar-refractivity contribution in [3.05, 3.63) is 35.9 Å². The highest BCUT2D eigenvalue weighted by Crippen LogP contribution is 2.06. The van der Waals surface area contributed by atoms with Gasteiger partial charge in [-0.15, -0.1) is 0 Å². The zero-order valence-corrected chi connectivity index (χ0v) is 10.3. The number of aliphatic carboxylic acids is 1. The highest BCUT2D eigenvalue weighted by molar-refractivity contribution is 5.72. The van der Waals surface area contributed by atoms with E-state index in [-0.39, 0.29) is 0 Å². The molecule has 0 saturated carbocycles. The maximum Gasteiger partial charge on any atom is 0.332 e. The number of hydrogen-bond donors (Lipinski definition) is 1. The van der Waals surface area contributed by atoms with Crippen LogP contribution in [0.25, 0.3) is 0 Å². The van der Waals surface area contributed by atoms with Gasteiger partial charge >= 0.3 is 5.97 Å². The second-order valence-corrected chi connectivity index (χ2v) is 4.22. The lowest BCUT2D eigenvalue weighted by Gasteiger charge is -2.16. The summed E-state index contributed by atoms with van der Waals surface area (Å²) in [5.74, 6) is -0.900. The molecule has 0 radical (unpaired) electrons. The third-order valence-corrected chi connectivity index (χ3v) is 2.41. The maximum atomic E-state index is 11.0. The van der Waals surface area contributed by atoms with Crippen LogP contribution in [0, 0.1) is 0 Å². The molecule has 1 N–H and O–H groups in total. The Kier molecular flexibility index (Phi) is 5.66. The third kappa shape index (κ3) is 5.47. The minimum atomic E-state index is -0.900. The molecule has 0 fully saturated rings. The molecule has 1 atom stereocenters. The number of hydrogen-bond acceptors (Lipinski definition) is 3. The largest absolute Gasteiger partial charge is 0.479 e. The summed E-state index contributed by atoms with van der Waals surface area (Å²) in [6.07, 6.45) is -0.243. The van der Waals surface area contributed by atoms with E-state index in [4.69, 9.17) is 9.84 Å².